The zero-order valence-corrected chi connectivity index (χ0v) is 20.7. The van der Waals surface area contributed by atoms with Crippen LogP contribution in [0.4, 0.5) is 18.0 Å². The van der Waals surface area contributed by atoms with Crippen LogP contribution in [0.1, 0.15) is 39.0 Å². The summed E-state index contributed by atoms with van der Waals surface area (Å²) in [5.74, 6) is -0.718. The van der Waals surface area contributed by atoms with E-state index in [-0.39, 0.29) is 33.5 Å². The largest absolute Gasteiger partial charge is 0.444 e. The number of aryl methyl sites for hydroxylation is 1. The molecule has 0 saturated carbocycles. The van der Waals surface area contributed by atoms with Crippen molar-refractivity contribution < 1.29 is 32.3 Å². The predicted octanol–water partition coefficient (Wildman–Crippen LogP) is 6.95. The highest BCUT2D eigenvalue weighted by Gasteiger charge is 2.62. The van der Waals surface area contributed by atoms with Crippen molar-refractivity contribution in [3.63, 3.8) is 0 Å². The van der Waals surface area contributed by atoms with Gasteiger partial charge in [-0.15, -0.1) is 0 Å². The smallest absolute Gasteiger partial charge is 0.435 e. The van der Waals surface area contributed by atoms with E-state index in [2.05, 4.69) is 10.5 Å². The number of amides is 2. The van der Waals surface area contributed by atoms with E-state index in [0.29, 0.717) is 11.1 Å². The second kappa shape index (κ2) is 10.4. The predicted molar refractivity (Wildman–Crippen MR) is 132 cm³/mol. The lowest BCUT2D eigenvalue weighted by molar-refractivity contribution is -0.275. The molecule has 0 bridgehead atoms. The number of hydrogen-bond donors (Lipinski definition) is 1. The molecular weight excluding hydrogens is 532 g/mol. The van der Waals surface area contributed by atoms with Crippen molar-refractivity contribution in [2.45, 2.75) is 31.7 Å². The topological polar surface area (TPSA) is 77.0 Å². The number of hydrogen-bond acceptors (Lipinski definition) is 5. The highest BCUT2D eigenvalue weighted by atomic mass is 35.5. The van der Waals surface area contributed by atoms with E-state index in [4.69, 9.17) is 32.8 Å². The van der Waals surface area contributed by atoms with Crippen molar-refractivity contribution in [1.29, 1.82) is 0 Å². The minimum atomic E-state index is -4.83. The number of rotatable bonds is 5. The summed E-state index contributed by atoms with van der Waals surface area (Å²) in [7, 11) is 0. The molecule has 0 radical (unpaired) electrons. The third-order valence-electron chi connectivity index (χ3n) is 5.75. The van der Waals surface area contributed by atoms with E-state index in [1.807, 2.05) is 6.07 Å². The molecule has 4 rings (SSSR count). The van der Waals surface area contributed by atoms with Crippen LogP contribution in [0.25, 0.3) is 0 Å². The lowest BCUT2D eigenvalue weighted by Crippen LogP contribution is -2.42. The van der Waals surface area contributed by atoms with Gasteiger partial charge in [-0.25, -0.2) is 4.79 Å². The minimum Gasteiger partial charge on any atom is -0.444 e. The summed E-state index contributed by atoms with van der Waals surface area (Å²) in [6.45, 7) is 1.56. The van der Waals surface area contributed by atoms with Crippen LogP contribution in [-0.2, 0) is 21.8 Å². The highest BCUT2D eigenvalue weighted by molar-refractivity contribution is 6.34. The lowest BCUT2D eigenvalue weighted by Gasteiger charge is -2.29. The Bertz CT molecular complexity index is 1360. The van der Waals surface area contributed by atoms with Crippen LogP contribution in [0, 0.1) is 6.92 Å². The first-order valence-corrected chi connectivity index (χ1v) is 11.7. The summed E-state index contributed by atoms with van der Waals surface area (Å²) in [6, 6.07) is 16.8. The number of halogens is 5. The molecule has 0 aliphatic carbocycles. The summed E-state index contributed by atoms with van der Waals surface area (Å²) in [4.78, 5) is 29.6. The summed E-state index contributed by atoms with van der Waals surface area (Å²) < 4.78 is 47.7. The van der Waals surface area contributed by atoms with Gasteiger partial charge in [0, 0.05) is 27.6 Å². The van der Waals surface area contributed by atoms with Crippen LogP contribution in [0.3, 0.4) is 0 Å². The Balaban J connectivity index is 1.48. The average Bonchev–Trinajstić information content (AvgIpc) is 3.30. The first-order valence-electron chi connectivity index (χ1n) is 10.9. The minimum absolute atomic E-state index is 0.0174. The number of alkyl carbamates (subject to hydrolysis) is 1. The Hall–Kier alpha value is -3.56. The van der Waals surface area contributed by atoms with Crippen molar-refractivity contribution in [3.8, 4) is 0 Å². The van der Waals surface area contributed by atoms with Crippen molar-refractivity contribution in [2.75, 3.05) is 0 Å². The highest BCUT2D eigenvalue weighted by Crippen LogP contribution is 2.49. The van der Waals surface area contributed by atoms with Crippen LogP contribution in [0.15, 0.2) is 71.9 Å². The van der Waals surface area contributed by atoms with Crippen molar-refractivity contribution in [1.82, 2.24) is 5.32 Å². The van der Waals surface area contributed by atoms with Gasteiger partial charge < -0.3 is 9.57 Å². The fourth-order valence-corrected chi connectivity index (χ4v) is 4.39. The molecule has 1 N–H and O–H groups in total. The molecule has 11 heteroatoms. The summed E-state index contributed by atoms with van der Waals surface area (Å²) in [5.41, 5.74) is -1.42. The second-order valence-corrected chi connectivity index (χ2v) is 9.21. The van der Waals surface area contributed by atoms with Crippen molar-refractivity contribution in [3.05, 3.63) is 105 Å². The Morgan fingerprint density at radius 2 is 1.73 bits per heavy atom. The van der Waals surface area contributed by atoms with Crippen molar-refractivity contribution in [2.24, 2.45) is 5.16 Å². The molecule has 1 unspecified atom stereocenters. The fraction of sp³-hybridized carbons (Fsp3) is 0.192. The molecule has 37 heavy (non-hydrogen) atoms. The van der Waals surface area contributed by atoms with Gasteiger partial charge in [0.05, 0.1) is 5.71 Å². The molecular formula is C26H19Cl2F3N2O4. The molecule has 1 aliphatic heterocycles. The number of ether oxygens (including phenoxy) is 1. The van der Waals surface area contributed by atoms with Gasteiger partial charge >= 0.3 is 12.3 Å². The maximum Gasteiger partial charge on any atom is 0.435 e. The van der Waals surface area contributed by atoms with Crippen LogP contribution < -0.4 is 5.32 Å². The number of carbonyl (C=O) groups is 2. The molecule has 1 atom stereocenters. The molecule has 1 heterocycles. The number of nitrogens with one attached hydrogen (secondary N) is 1. The van der Waals surface area contributed by atoms with Gasteiger partial charge in [-0.05, 0) is 53.9 Å². The maximum atomic E-state index is 14.2. The molecule has 3 aromatic carbocycles. The van der Waals surface area contributed by atoms with Crippen LogP contribution in [-0.4, -0.2) is 23.9 Å². The first-order chi connectivity index (χ1) is 17.5. The third kappa shape index (κ3) is 5.73. The van der Waals surface area contributed by atoms with Gasteiger partial charge in [0.2, 0.25) is 0 Å². The van der Waals surface area contributed by atoms with E-state index in [1.54, 1.807) is 31.2 Å². The number of oxime groups is 1. The Kier molecular flexibility index (Phi) is 7.47. The molecule has 0 fully saturated rings. The zero-order chi connectivity index (χ0) is 26.8. The number of imide groups is 1. The van der Waals surface area contributed by atoms with Crippen LogP contribution >= 0.6 is 23.2 Å². The van der Waals surface area contributed by atoms with Gasteiger partial charge in [-0.2, -0.15) is 13.2 Å². The van der Waals surface area contributed by atoms with E-state index in [0.717, 1.165) is 17.7 Å². The van der Waals surface area contributed by atoms with Gasteiger partial charge in [-0.1, -0.05) is 64.8 Å². The van der Waals surface area contributed by atoms with Crippen LogP contribution in [0.2, 0.25) is 10.0 Å². The summed E-state index contributed by atoms with van der Waals surface area (Å²) in [5, 5.41) is 5.90. The molecule has 192 valence electrons. The van der Waals surface area contributed by atoms with Gasteiger partial charge in [0.1, 0.15) is 6.61 Å². The van der Waals surface area contributed by atoms with Gasteiger partial charge in [-0.3, -0.25) is 10.1 Å². The van der Waals surface area contributed by atoms with E-state index < -0.39 is 30.2 Å². The fourth-order valence-electron chi connectivity index (χ4n) is 3.86. The zero-order valence-electron chi connectivity index (χ0n) is 19.2. The van der Waals surface area contributed by atoms with Gasteiger partial charge in [0.15, 0.2) is 0 Å². The Morgan fingerprint density at radius 1 is 1.05 bits per heavy atom. The van der Waals surface area contributed by atoms with Crippen molar-refractivity contribution >= 4 is 40.9 Å². The summed E-state index contributed by atoms with van der Waals surface area (Å²) in [6.07, 6.45) is -6.40. The Labute approximate surface area is 220 Å². The molecule has 0 saturated heterocycles. The first kappa shape index (κ1) is 26.5. The van der Waals surface area contributed by atoms with E-state index >= 15 is 0 Å². The quantitative estimate of drug-likeness (QED) is 0.373. The lowest BCUT2D eigenvalue weighted by atomic mass is 9.86. The van der Waals surface area contributed by atoms with Crippen LogP contribution in [0.5, 0.6) is 0 Å². The van der Waals surface area contributed by atoms with E-state index in [1.165, 1.54) is 24.3 Å². The Morgan fingerprint density at radius 3 is 2.35 bits per heavy atom. The molecule has 0 aromatic heterocycles. The molecule has 0 spiro atoms. The number of carbonyl (C=O) groups excluding carboxylic acids is 2. The number of alkyl halides is 3. The molecule has 6 nitrogen and oxygen atoms in total. The average molecular weight is 551 g/mol. The molecule has 1 aliphatic rings. The SMILES string of the molecule is Cc1cc(C2=NOC(c3cc(Cl)cc(Cl)c3)(C(F)(F)F)C2)ccc1C(=O)NC(=O)OCc1ccccc1. The van der Waals surface area contributed by atoms with E-state index in [9.17, 15) is 22.8 Å². The van der Waals surface area contributed by atoms with Gasteiger partial charge in [0.25, 0.3) is 11.5 Å². The summed E-state index contributed by atoms with van der Waals surface area (Å²) >= 11 is 11.9. The molecule has 2 amide bonds. The normalized spacial score (nSPS) is 17.1. The standard InChI is InChI=1S/C26H19Cl2F3N2O4/c1-15-9-17(7-8-21(15)23(34)32-24(35)36-14-16-5-3-2-4-6-16)22-13-25(37-33-22,26(29,30)31)18-10-19(27)12-20(28)11-18/h2-12H,13-14H2,1H3,(H,32,34,35). The number of benzene rings is 3. The third-order valence-corrected chi connectivity index (χ3v) is 6.18. The maximum absolute atomic E-state index is 14.2. The second-order valence-electron chi connectivity index (χ2n) is 8.33. The monoisotopic (exact) mass is 550 g/mol. The number of nitrogens with zero attached hydrogens (tertiary/aromatic N) is 1. The molecule has 3 aromatic rings.